The fourth-order valence-electron chi connectivity index (χ4n) is 3.05. The first-order valence-corrected chi connectivity index (χ1v) is 6.79. The first kappa shape index (κ1) is 15.8. The van der Waals surface area contributed by atoms with Crippen LogP contribution in [0, 0.1) is 17.8 Å². The molecule has 1 fully saturated rings. The second-order valence-corrected chi connectivity index (χ2v) is 5.41. The maximum Gasteiger partial charge on any atom is 0.307 e. The highest BCUT2D eigenvalue weighted by Crippen LogP contribution is 2.43. The van der Waals surface area contributed by atoms with Crippen LogP contribution in [0.2, 0.25) is 0 Å². The summed E-state index contributed by atoms with van der Waals surface area (Å²) < 4.78 is 0. The Hall–Kier alpha value is -2.63. The monoisotopic (exact) mass is 304 g/mol. The molecule has 22 heavy (non-hydrogen) atoms. The highest BCUT2D eigenvalue weighted by molar-refractivity contribution is 6.03. The van der Waals surface area contributed by atoms with E-state index < -0.39 is 29.5 Å². The summed E-state index contributed by atoms with van der Waals surface area (Å²) in [6.07, 6.45) is 1.14. The highest BCUT2D eigenvalue weighted by atomic mass is 16.4. The number of phenolic OH excluding ortho intramolecular Hbond substituents is 2. The van der Waals surface area contributed by atoms with Gasteiger partial charge in [-0.2, -0.15) is 0 Å². The first-order chi connectivity index (χ1) is 10.4. The molecule has 0 spiro atoms. The number of benzene rings is 1. The molecule has 0 aliphatic heterocycles. The van der Waals surface area contributed by atoms with Crippen molar-refractivity contribution in [2.24, 2.45) is 17.8 Å². The minimum Gasteiger partial charge on any atom is -0.508 e. The van der Waals surface area contributed by atoms with Crippen molar-refractivity contribution in [2.75, 3.05) is 0 Å². The summed E-state index contributed by atoms with van der Waals surface area (Å²) >= 11 is 0. The number of carbonyl (C=O) groups excluding carboxylic acids is 2. The fraction of sp³-hybridized carbons (Fsp3) is 0.312. The Morgan fingerprint density at radius 1 is 1.18 bits per heavy atom. The van der Waals surface area contributed by atoms with Crippen molar-refractivity contribution in [3.8, 4) is 11.5 Å². The molecule has 3 unspecified atom stereocenters. The molecule has 6 nitrogen and oxygen atoms in total. The van der Waals surface area contributed by atoms with E-state index in [1.165, 1.54) is 6.07 Å². The lowest BCUT2D eigenvalue weighted by atomic mass is 9.80. The number of phenols is 2. The lowest BCUT2D eigenvalue weighted by molar-refractivity contribution is -0.142. The molecular formula is C16H16O6. The summed E-state index contributed by atoms with van der Waals surface area (Å²) in [5.41, 5.74) is 0.0172. The minimum absolute atomic E-state index is 0.151. The van der Waals surface area contributed by atoms with Gasteiger partial charge < -0.3 is 15.3 Å². The topological polar surface area (TPSA) is 112 Å². The van der Waals surface area contributed by atoms with Crippen molar-refractivity contribution >= 4 is 18.0 Å². The minimum atomic E-state index is -1.13. The van der Waals surface area contributed by atoms with Gasteiger partial charge in [0.15, 0.2) is 5.78 Å². The molecule has 0 aromatic heterocycles. The van der Waals surface area contributed by atoms with Crippen LogP contribution in [0.5, 0.6) is 11.5 Å². The van der Waals surface area contributed by atoms with Crippen molar-refractivity contribution in [2.45, 2.75) is 12.8 Å². The van der Waals surface area contributed by atoms with Gasteiger partial charge in [-0.3, -0.25) is 14.4 Å². The molecule has 2 rings (SSSR count). The molecule has 1 saturated carbocycles. The van der Waals surface area contributed by atoms with Gasteiger partial charge in [-0.1, -0.05) is 6.58 Å². The molecule has 1 aliphatic carbocycles. The molecule has 0 heterocycles. The van der Waals surface area contributed by atoms with Crippen LogP contribution < -0.4 is 0 Å². The van der Waals surface area contributed by atoms with E-state index in [4.69, 9.17) is 0 Å². The number of aldehydes is 1. The molecule has 3 N–H and O–H groups in total. The number of carboxylic acid groups (broad SMARTS) is 1. The third kappa shape index (κ3) is 2.72. The summed E-state index contributed by atoms with van der Waals surface area (Å²) in [6.45, 7) is 3.59. The lowest BCUT2D eigenvalue weighted by Crippen LogP contribution is -2.30. The van der Waals surface area contributed by atoms with E-state index in [0.29, 0.717) is 12.7 Å². The van der Waals surface area contributed by atoms with Gasteiger partial charge in [-0.25, -0.2) is 0 Å². The van der Waals surface area contributed by atoms with E-state index in [1.54, 1.807) is 0 Å². The van der Waals surface area contributed by atoms with Crippen LogP contribution in [0.1, 0.15) is 23.2 Å². The SMILES string of the molecule is C=C(C=O)C1CCC(C(=O)O)C1C(=O)c1cc(O)ccc1O. The zero-order chi connectivity index (χ0) is 16.4. The Morgan fingerprint density at radius 2 is 1.82 bits per heavy atom. The van der Waals surface area contributed by atoms with Gasteiger partial charge in [-0.05, 0) is 42.5 Å². The Morgan fingerprint density at radius 3 is 2.41 bits per heavy atom. The Bertz CT molecular complexity index is 648. The van der Waals surface area contributed by atoms with Gasteiger partial charge in [0.05, 0.1) is 11.5 Å². The lowest BCUT2D eigenvalue weighted by Gasteiger charge is -2.21. The van der Waals surface area contributed by atoms with Crippen LogP contribution in [-0.2, 0) is 9.59 Å². The number of rotatable bonds is 5. The Balaban J connectivity index is 2.45. The molecule has 1 aromatic carbocycles. The fourth-order valence-corrected chi connectivity index (χ4v) is 3.05. The molecule has 6 heteroatoms. The van der Waals surface area contributed by atoms with E-state index in [9.17, 15) is 29.7 Å². The molecular weight excluding hydrogens is 288 g/mol. The molecule has 1 aliphatic rings. The van der Waals surface area contributed by atoms with Crippen molar-refractivity contribution in [1.29, 1.82) is 0 Å². The van der Waals surface area contributed by atoms with Crippen LogP contribution in [0.3, 0.4) is 0 Å². The largest absolute Gasteiger partial charge is 0.508 e. The number of ketones is 1. The van der Waals surface area contributed by atoms with E-state index >= 15 is 0 Å². The van der Waals surface area contributed by atoms with Crippen LogP contribution in [0.15, 0.2) is 30.4 Å². The predicted molar refractivity (Wildman–Crippen MR) is 76.6 cm³/mol. The molecule has 0 bridgehead atoms. The molecule has 0 saturated heterocycles. The normalized spacial score (nSPS) is 23.9. The van der Waals surface area contributed by atoms with Crippen LogP contribution in [0.25, 0.3) is 0 Å². The predicted octanol–water partition coefficient (Wildman–Crippen LogP) is 1.76. The van der Waals surface area contributed by atoms with Gasteiger partial charge in [-0.15, -0.1) is 0 Å². The van der Waals surface area contributed by atoms with Gasteiger partial charge in [0.1, 0.15) is 17.8 Å². The van der Waals surface area contributed by atoms with Crippen molar-refractivity contribution < 1.29 is 29.7 Å². The van der Waals surface area contributed by atoms with E-state index in [-0.39, 0.29) is 29.1 Å². The number of allylic oxidation sites excluding steroid dienone is 1. The molecule has 0 amide bonds. The third-order valence-electron chi connectivity index (χ3n) is 4.15. The summed E-state index contributed by atoms with van der Waals surface area (Å²) in [4.78, 5) is 35.0. The van der Waals surface area contributed by atoms with Crippen molar-refractivity contribution in [3.63, 3.8) is 0 Å². The van der Waals surface area contributed by atoms with Gasteiger partial charge in [0.25, 0.3) is 0 Å². The number of Topliss-reactive ketones (excluding diaryl/α,β-unsaturated/α-hetero) is 1. The Labute approximate surface area is 126 Å². The summed E-state index contributed by atoms with van der Waals surface area (Å²) in [5, 5.41) is 28.6. The number of hydrogen-bond acceptors (Lipinski definition) is 5. The van der Waals surface area contributed by atoms with E-state index in [1.807, 2.05) is 0 Å². The highest BCUT2D eigenvalue weighted by Gasteiger charge is 2.46. The first-order valence-electron chi connectivity index (χ1n) is 6.79. The number of carbonyl (C=O) groups is 3. The average molecular weight is 304 g/mol. The van der Waals surface area contributed by atoms with Crippen LogP contribution >= 0.6 is 0 Å². The second-order valence-electron chi connectivity index (χ2n) is 5.41. The van der Waals surface area contributed by atoms with Crippen molar-refractivity contribution in [1.82, 2.24) is 0 Å². The van der Waals surface area contributed by atoms with Gasteiger partial charge in [0.2, 0.25) is 0 Å². The quantitative estimate of drug-likeness (QED) is 0.331. The van der Waals surface area contributed by atoms with Crippen LogP contribution in [-0.4, -0.2) is 33.4 Å². The van der Waals surface area contributed by atoms with Gasteiger partial charge in [0, 0.05) is 5.92 Å². The zero-order valence-electron chi connectivity index (χ0n) is 11.7. The average Bonchev–Trinajstić information content (AvgIpc) is 2.93. The maximum absolute atomic E-state index is 12.7. The molecule has 3 atom stereocenters. The molecule has 116 valence electrons. The Kier molecular flexibility index (Phi) is 4.30. The summed E-state index contributed by atoms with van der Waals surface area (Å²) in [6, 6.07) is 3.48. The molecule has 0 radical (unpaired) electrons. The van der Waals surface area contributed by atoms with Gasteiger partial charge >= 0.3 is 5.97 Å². The number of aliphatic carboxylic acids is 1. The van der Waals surface area contributed by atoms with Crippen molar-refractivity contribution in [3.05, 3.63) is 35.9 Å². The smallest absolute Gasteiger partial charge is 0.307 e. The van der Waals surface area contributed by atoms with E-state index in [0.717, 1.165) is 12.1 Å². The van der Waals surface area contributed by atoms with Crippen LogP contribution in [0.4, 0.5) is 0 Å². The van der Waals surface area contributed by atoms with E-state index in [2.05, 4.69) is 6.58 Å². The standard InChI is InChI=1S/C16H16O6/c1-8(7-17)10-3-4-11(16(21)22)14(10)15(20)12-6-9(18)2-5-13(12)19/h2,5-7,10-11,14,18-19H,1,3-4H2,(H,21,22). The summed E-state index contributed by atoms with van der Waals surface area (Å²) in [5.74, 6) is -4.79. The summed E-state index contributed by atoms with van der Waals surface area (Å²) in [7, 11) is 0. The maximum atomic E-state index is 12.7. The number of hydrogen-bond donors (Lipinski definition) is 3. The second kappa shape index (κ2) is 6.01. The molecule has 1 aromatic rings. The number of carboxylic acids is 1. The third-order valence-corrected chi connectivity index (χ3v) is 4.15. The zero-order valence-corrected chi connectivity index (χ0v) is 11.7. The number of aromatic hydroxyl groups is 2.